The molecule has 3 rings (SSSR count). The van der Waals surface area contributed by atoms with Gasteiger partial charge in [-0.2, -0.15) is 0 Å². The van der Waals surface area contributed by atoms with E-state index in [1.807, 2.05) is 19.1 Å². The summed E-state index contributed by atoms with van der Waals surface area (Å²) < 4.78 is 14.2. The second kappa shape index (κ2) is 6.13. The highest BCUT2D eigenvalue weighted by Crippen LogP contribution is 2.26. The van der Waals surface area contributed by atoms with E-state index in [4.69, 9.17) is 0 Å². The largest absolute Gasteiger partial charge is 0.368 e. The molecule has 0 amide bonds. The lowest BCUT2D eigenvalue weighted by molar-refractivity contribution is 0.236. The van der Waals surface area contributed by atoms with Gasteiger partial charge in [0.15, 0.2) is 0 Å². The van der Waals surface area contributed by atoms with Gasteiger partial charge < -0.3 is 4.90 Å². The van der Waals surface area contributed by atoms with Crippen molar-refractivity contribution >= 4 is 5.69 Å². The van der Waals surface area contributed by atoms with E-state index < -0.39 is 0 Å². The van der Waals surface area contributed by atoms with Gasteiger partial charge in [0.25, 0.3) is 0 Å². The van der Waals surface area contributed by atoms with Gasteiger partial charge in [0.1, 0.15) is 5.82 Å². The number of nitrogens with zero attached hydrogens (tertiary/aromatic N) is 2. The van der Waals surface area contributed by atoms with E-state index in [9.17, 15) is 4.39 Å². The summed E-state index contributed by atoms with van der Waals surface area (Å²) in [5, 5.41) is 0. The summed E-state index contributed by atoms with van der Waals surface area (Å²) in [7, 11) is 0. The van der Waals surface area contributed by atoms with E-state index in [-0.39, 0.29) is 5.82 Å². The van der Waals surface area contributed by atoms with E-state index in [0.29, 0.717) is 6.04 Å². The van der Waals surface area contributed by atoms with Crippen LogP contribution in [0.3, 0.4) is 0 Å². The topological polar surface area (TPSA) is 6.48 Å². The molecule has 0 saturated carbocycles. The number of aryl methyl sites for hydroxylation is 1. The molecule has 0 bridgehead atoms. The van der Waals surface area contributed by atoms with Crippen molar-refractivity contribution in [3.8, 4) is 0 Å². The molecule has 110 valence electrons. The van der Waals surface area contributed by atoms with Crippen LogP contribution in [0.1, 0.15) is 37.7 Å². The summed E-state index contributed by atoms with van der Waals surface area (Å²) in [6, 6.07) is 6.25. The molecule has 20 heavy (non-hydrogen) atoms. The maximum Gasteiger partial charge on any atom is 0.146 e. The Bertz CT molecular complexity index is 454. The smallest absolute Gasteiger partial charge is 0.146 e. The van der Waals surface area contributed by atoms with Crippen molar-refractivity contribution in [3.63, 3.8) is 0 Å². The fourth-order valence-electron chi connectivity index (χ4n) is 3.61. The van der Waals surface area contributed by atoms with Crippen molar-refractivity contribution in [2.45, 2.75) is 45.1 Å². The van der Waals surface area contributed by atoms with Crippen LogP contribution in [0.15, 0.2) is 18.2 Å². The predicted octanol–water partition coefficient (Wildman–Crippen LogP) is 3.59. The van der Waals surface area contributed by atoms with Crippen molar-refractivity contribution in [2.24, 2.45) is 0 Å². The number of hydrogen-bond acceptors (Lipinski definition) is 2. The predicted molar refractivity (Wildman–Crippen MR) is 81.8 cm³/mol. The van der Waals surface area contributed by atoms with Gasteiger partial charge in [-0.15, -0.1) is 0 Å². The zero-order chi connectivity index (χ0) is 13.9. The van der Waals surface area contributed by atoms with Crippen LogP contribution in [-0.4, -0.2) is 37.1 Å². The van der Waals surface area contributed by atoms with Gasteiger partial charge in [-0.3, -0.25) is 4.90 Å². The van der Waals surface area contributed by atoms with Gasteiger partial charge in [0.05, 0.1) is 5.69 Å². The number of benzene rings is 1. The van der Waals surface area contributed by atoms with Crippen LogP contribution < -0.4 is 4.90 Å². The lowest BCUT2D eigenvalue weighted by Crippen LogP contribution is -2.41. The van der Waals surface area contributed by atoms with Gasteiger partial charge in [0.2, 0.25) is 0 Å². The minimum Gasteiger partial charge on any atom is -0.368 e. The minimum absolute atomic E-state index is 0.0629. The second-order valence-corrected chi connectivity index (χ2v) is 6.29. The average Bonchev–Trinajstić information content (AvgIpc) is 2.85. The number of rotatable bonds is 2. The molecule has 2 aliphatic rings. The number of hydrogen-bond donors (Lipinski definition) is 0. The van der Waals surface area contributed by atoms with Gasteiger partial charge in [0, 0.05) is 19.1 Å². The summed E-state index contributed by atoms with van der Waals surface area (Å²) in [6.07, 6.45) is 6.37. The molecule has 1 atom stereocenters. The van der Waals surface area contributed by atoms with Crippen LogP contribution in [0.25, 0.3) is 0 Å². The number of likely N-dealkylation sites (tertiary alicyclic amines) is 1. The van der Waals surface area contributed by atoms with Crippen LogP contribution in [0.5, 0.6) is 0 Å². The van der Waals surface area contributed by atoms with Crippen molar-refractivity contribution < 1.29 is 4.39 Å². The van der Waals surface area contributed by atoms with Crippen molar-refractivity contribution in [1.29, 1.82) is 0 Å². The molecule has 2 aliphatic heterocycles. The van der Waals surface area contributed by atoms with E-state index in [2.05, 4.69) is 9.80 Å². The Balaban J connectivity index is 1.77. The Hall–Kier alpha value is -1.09. The fourth-order valence-corrected chi connectivity index (χ4v) is 3.61. The monoisotopic (exact) mass is 276 g/mol. The Kier molecular flexibility index (Phi) is 4.25. The first-order valence-electron chi connectivity index (χ1n) is 7.99. The highest BCUT2D eigenvalue weighted by atomic mass is 19.1. The van der Waals surface area contributed by atoms with Crippen LogP contribution in [0.4, 0.5) is 10.1 Å². The zero-order valence-corrected chi connectivity index (χ0v) is 12.4. The lowest BCUT2D eigenvalue weighted by atomic mass is 10.1. The first-order chi connectivity index (χ1) is 9.74. The average molecular weight is 276 g/mol. The van der Waals surface area contributed by atoms with E-state index in [1.54, 1.807) is 6.07 Å². The molecule has 2 nitrogen and oxygen atoms in total. The molecule has 2 saturated heterocycles. The summed E-state index contributed by atoms with van der Waals surface area (Å²) in [4.78, 5) is 4.88. The molecule has 3 heteroatoms. The van der Waals surface area contributed by atoms with E-state index >= 15 is 0 Å². The first-order valence-corrected chi connectivity index (χ1v) is 7.99. The second-order valence-electron chi connectivity index (χ2n) is 6.29. The molecule has 1 aromatic rings. The first kappa shape index (κ1) is 13.9. The van der Waals surface area contributed by atoms with Gasteiger partial charge in [-0.05, 0) is 63.4 Å². The van der Waals surface area contributed by atoms with Crippen molar-refractivity contribution in [3.05, 3.63) is 29.6 Å². The van der Waals surface area contributed by atoms with Crippen molar-refractivity contribution in [2.75, 3.05) is 31.1 Å². The van der Waals surface area contributed by atoms with Gasteiger partial charge >= 0.3 is 0 Å². The third-order valence-corrected chi connectivity index (χ3v) is 4.75. The Morgan fingerprint density at radius 1 is 1.05 bits per heavy atom. The van der Waals surface area contributed by atoms with Crippen LogP contribution in [-0.2, 0) is 0 Å². The van der Waals surface area contributed by atoms with Gasteiger partial charge in [-0.25, -0.2) is 4.39 Å². The summed E-state index contributed by atoms with van der Waals surface area (Å²) in [6.45, 7) is 6.39. The Labute approximate surface area is 121 Å². The molecule has 0 aromatic heterocycles. The molecule has 0 N–H and O–H groups in total. The summed E-state index contributed by atoms with van der Waals surface area (Å²) >= 11 is 0. The molecule has 0 aliphatic carbocycles. The minimum atomic E-state index is -0.0629. The molecule has 0 spiro atoms. The lowest BCUT2D eigenvalue weighted by Gasteiger charge is -2.32. The van der Waals surface area contributed by atoms with Crippen LogP contribution >= 0.6 is 0 Å². The van der Waals surface area contributed by atoms with E-state index in [1.165, 1.54) is 45.2 Å². The molecular formula is C17H25FN2. The van der Waals surface area contributed by atoms with Crippen LogP contribution in [0.2, 0.25) is 0 Å². The molecule has 1 unspecified atom stereocenters. The number of halogens is 1. The van der Waals surface area contributed by atoms with Crippen molar-refractivity contribution in [1.82, 2.24) is 4.90 Å². The quantitative estimate of drug-likeness (QED) is 0.814. The fraction of sp³-hybridized carbons (Fsp3) is 0.647. The Morgan fingerprint density at radius 3 is 2.55 bits per heavy atom. The summed E-state index contributed by atoms with van der Waals surface area (Å²) in [5.74, 6) is -0.0629. The van der Waals surface area contributed by atoms with Crippen LogP contribution in [0, 0.1) is 12.7 Å². The molecule has 2 heterocycles. The number of anilines is 1. The third-order valence-electron chi connectivity index (χ3n) is 4.75. The zero-order valence-electron chi connectivity index (χ0n) is 12.4. The normalized spacial score (nSPS) is 24.9. The standard InChI is InChI=1S/C17H25FN2/c1-14-7-8-17(16(18)12-14)20-11-3-2-6-15(13-20)19-9-4-5-10-19/h7-8,12,15H,2-6,9-11,13H2,1H3. The van der Waals surface area contributed by atoms with Gasteiger partial charge in [-0.1, -0.05) is 12.5 Å². The highest BCUT2D eigenvalue weighted by Gasteiger charge is 2.26. The molecule has 1 aromatic carbocycles. The SMILES string of the molecule is Cc1ccc(N2CCCCC(N3CCCC3)C2)c(F)c1. The highest BCUT2D eigenvalue weighted by molar-refractivity contribution is 5.49. The molecule has 2 fully saturated rings. The Morgan fingerprint density at radius 2 is 1.80 bits per heavy atom. The summed E-state index contributed by atoms with van der Waals surface area (Å²) in [5.41, 5.74) is 1.79. The maximum atomic E-state index is 14.2. The third kappa shape index (κ3) is 2.98. The van der Waals surface area contributed by atoms with E-state index in [0.717, 1.165) is 24.3 Å². The molecule has 0 radical (unpaired) electrons. The molecular weight excluding hydrogens is 251 g/mol. The maximum absolute atomic E-state index is 14.2.